The zero-order valence-electron chi connectivity index (χ0n) is 9.39. The van der Waals surface area contributed by atoms with Crippen LogP contribution in [-0.2, 0) is 6.42 Å². The van der Waals surface area contributed by atoms with E-state index in [-0.39, 0.29) is 12.8 Å². The van der Waals surface area contributed by atoms with Gasteiger partial charge < -0.3 is 5.11 Å². The van der Waals surface area contributed by atoms with E-state index in [1.54, 1.807) is 12.1 Å². The number of rotatable bonds is 4. The fourth-order valence-electron chi connectivity index (χ4n) is 1.50. The lowest BCUT2D eigenvalue weighted by atomic mass is 10.0. The molecule has 0 aliphatic heterocycles. The minimum absolute atomic E-state index is 0.148. The molecule has 0 saturated carbocycles. The Balaban J connectivity index is 2.53. The Morgan fingerprint density at radius 2 is 2.00 bits per heavy atom. The predicted molar refractivity (Wildman–Crippen MR) is 61.2 cm³/mol. The summed E-state index contributed by atoms with van der Waals surface area (Å²) in [4.78, 5) is 0. The summed E-state index contributed by atoms with van der Waals surface area (Å²) in [6.07, 6.45) is -6.37. The maximum atomic E-state index is 11.9. The molecule has 96 valence electrons. The van der Waals surface area contributed by atoms with Gasteiger partial charge in [-0.05, 0) is 37.0 Å². The lowest BCUT2D eigenvalue weighted by Crippen LogP contribution is -2.16. The zero-order valence-corrected chi connectivity index (χ0v) is 10.1. The molecular formula is C12H14ClF3O. The maximum absolute atomic E-state index is 11.9. The van der Waals surface area contributed by atoms with Crippen molar-refractivity contribution in [3.8, 4) is 0 Å². The van der Waals surface area contributed by atoms with Crippen molar-refractivity contribution in [1.82, 2.24) is 0 Å². The molecule has 0 aromatic heterocycles. The Morgan fingerprint density at radius 3 is 2.53 bits per heavy atom. The van der Waals surface area contributed by atoms with Crippen molar-refractivity contribution in [2.75, 3.05) is 0 Å². The number of aliphatic hydroxyl groups is 1. The Morgan fingerprint density at radius 1 is 1.35 bits per heavy atom. The first-order valence-electron chi connectivity index (χ1n) is 5.28. The molecular weight excluding hydrogens is 253 g/mol. The first-order chi connectivity index (χ1) is 7.78. The maximum Gasteiger partial charge on any atom is 0.389 e. The molecule has 0 aliphatic rings. The van der Waals surface area contributed by atoms with Gasteiger partial charge in [-0.2, -0.15) is 13.2 Å². The molecule has 1 unspecified atom stereocenters. The normalized spacial score (nSPS) is 13.8. The second-order valence-corrected chi connectivity index (χ2v) is 4.51. The quantitative estimate of drug-likeness (QED) is 0.876. The standard InChI is InChI=1S/C12H14ClF3O/c1-8-2-3-9(11(13)6-8)7-10(17)4-5-12(14,15)16/h2-3,6,10,17H,4-5,7H2,1H3. The molecule has 0 radical (unpaired) electrons. The number of aryl methyl sites for hydroxylation is 1. The van der Waals surface area contributed by atoms with Crippen LogP contribution in [0.15, 0.2) is 18.2 Å². The summed E-state index contributed by atoms with van der Waals surface area (Å²) in [6.45, 7) is 1.87. The number of hydrogen-bond donors (Lipinski definition) is 1. The van der Waals surface area contributed by atoms with Gasteiger partial charge in [-0.25, -0.2) is 0 Å². The number of alkyl halides is 3. The van der Waals surface area contributed by atoms with E-state index < -0.39 is 18.7 Å². The summed E-state index contributed by atoms with van der Waals surface area (Å²) in [5, 5.41) is 9.98. The van der Waals surface area contributed by atoms with Gasteiger partial charge in [-0.15, -0.1) is 0 Å². The van der Waals surface area contributed by atoms with Gasteiger partial charge in [0.2, 0.25) is 0 Å². The monoisotopic (exact) mass is 266 g/mol. The van der Waals surface area contributed by atoms with Crippen molar-refractivity contribution in [1.29, 1.82) is 0 Å². The molecule has 0 bridgehead atoms. The fraction of sp³-hybridized carbons (Fsp3) is 0.500. The van der Waals surface area contributed by atoms with Gasteiger partial charge in [-0.1, -0.05) is 23.7 Å². The van der Waals surface area contributed by atoms with Crippen LogP contribution in [-0.4, -0.2) is 17.4 Å². The van der Waals surface area contributed by atoms with Crippen molar-refractivity contribution >= 4 is 11.6 Å². The van der Waals surface area contributed by atoms with Gasteiger partial charge in [0.1, 0.15) is 0 Å². The minimum atomic E-state index is -4.22. The van der Waals surface area contributed by atoms with E-state index in [1.165, 1.54) is 0 Å². The Hall–Kier alpha value is -0.740. The SMILES string of the molecule is Cc1ccc(CC(O)CCC(F)(F)F)c(Cl)c1. The molecule has 17 heavy (non-hydrogen) atoms. The Kier molecular flexibility index (Phi) is 4.83. The summed E-state index contributed by atoms with van der Waals surface area (Å²) < 4.78 is 35.8. The topological polar surface area (TPSA) is 20.2 Å². The second-order valence-electron chi connectivity index (χ2n) is 4.11. The summed E-state index contributed by atoms with van der Waals surface area (Å²) in [6, 6.07) is 5.28. The third-order valence-corrected chi connectivity index (χ3v) is 2.78. The van der Waals surface area contributed by atoms with Gasteiger partial charge in [0.15, 0.2) is 0 Å². The number of benzene rings is 1. The van der Waals surface area contributed by atoms with Gasteiger partial charge in [0.25, 0.3) is 0 Å². The molecule has 0 spiro atoms. The molecule has 1 N–H and O–H groups in total. The number of halogens is 4. The lowest BCUT2D eigenvalue weighted by molar-refractivity contribution is -0.139. The van der Waals surface area contributed by atoms with Crippen LogP contribution < -0.4 is 0 Å². The molecule has 1 atom stereocenters. The van der Waals surface area contributed by atoms with Crippen LogP contribution in [0, 0.1) is 6.92 Å². The highest BCUT2D eigenvalue weighted by Crippen LogP contribution is 2.24. The average Bonchev–Trinajstić information content (AvgIpc) is 2.18. The van der Waals surface area contributed by atoms with Gasteiger partial charge in [-0.3, -0.25) is 0 Å². The van der Waals surface area contributed by atoms with E-state index in [9.17, 15) is 18.3 Å². The van der Waals surface area contributed by atoms with E-state index in [2.05, 4.69) is 0 Å². The van der Waals surface area contributed by atoms with E-state index >= 15 is 0 Å². The van der Waals surface area contributed by atoms with E-state index in [4.69, 9.17) is 11.6 Å². The second kappa shape index (κ2) is 5.74. The first-order valence-corrected chi connectivity index (χ1v) is 5.65. The first kappa shape index (κ1) is 14.3. The van der Waals surface area contributed by atoms with E-state index in [0.29, 0.717) is 10.6 Å². The van der Waals surface area contributed by atoms with Crippen LogP contribution >= 0.6 is 11.6 Å². The van der Waals surface area contributed by atoms with Crippen molar-refractivity contribution in [2.24, 2.45) is 0 Å². The molecule has 0 heterocycles. The average molecular weight is 267 g/mol. The van der Waals surface area contributed by atoms with Gasteiger partial charge in [0, 0.05) is 11.4 Å². The largest absolute Gasteiger partial charge is 0.393 e. The minimum Gasteiger partial charge on any atom is -0.393 e. The third kappa shape index (κ3) is 5.41. The summed E-state index contributed by atoms with van der Waals surface area (Å²) in [7, 11) is 0. The molecule has 1 aromatic rings. The molecule has 0 aliphatic carbocycles. The van der Waals surface area contributed by atoms with Crippen LogP contribution in [0.5, 0.6) is 0 Å². The lowest BCUT2D eigenvalue weighted by Gasteiger charge is -2.13. The molecule has 0 fully saturated rings. The third-order valence-electron chi connectivity index (χ3n) is 2.43. The van der Waals surface area contributed by atoms with Crippen molar-refractivity contribution < 1.29 is 18.3 Å². The zero-order chi connectivity index (χ0) is 13.1. The fourth-order valence-corrected chi connectivity index (χ4v) is 1.82. The summed E-state index contributed by atoms with van der Waals surface area (Å²) >= 11 is 5.93. The molecule has 1 aromatic carbocycles. The number of aliphatic hydroxyl groups excluding tert-OH is 1. The van der Waals surface area contributed by atoms with Gasteiger partial charge in [0.05, 0.1) is 6.10 Å². The summed E-state index contributed by atoms with van der Waals surface area (Å²) in [5.41, 5.74) is 1.65. The molecule has 0 saturated heterocycles. The Labute approximate surface area is 103 Å². The molecule has 1 rings (SSSR count). The summed E-state index contributed by atoms with van der Waals surface area (Å²) in [5.74, 6) is 0. The molecule has 5 heteroatoms. The van der Waals surface area contributed by atoms with Crippen LogP contribution in [0.25, 0.3) is 0 Å². The highest BCUT2D eigenvalue weighted by atomic mass is 35.5. The smallest absolute Gasteiger partial charge is 0.389 e. The van der Waals surface area contributed by atoms with Crippen LogP contribution in [0.4, 0.5) is 13.2 Å². The molecule has 1 nitrogen and oxygen atoms in total. The molecule has 0 amide bonds. The van der Waals surface area contributed by atoms with Crippen molar-refractivity contribution in [2.45, 2.75) is 38.5 Å². The Bertz CT molecular complexity index is 377. The van der Waals surface area contributed by atoms with Crippen LogP contribution in [0.1, 0.15) is 24.0 Å². The highest BCUT2D eigenvalue weighted by Gasteiger charge is 2.27. The van der Waals surface area contributed by atoms with Crippen molar-refractivity contribution in [3.63, 3.8) is 0 Å². The highest BCUT2D eigenvalue weighted by molar-refractivity contribution is 6.31. The van der Waals surface area contributed by atoms with Crippen LogP contribution in [0.3, 0.4) is 0 Å². The van der Waals surface area contributed by atoms with Gasteiger partial charge >= 0.3 is 6.18 Å². The van der Waals surface area contributed by atoms with E-state index in [0.717, 1.165) is 5.56 Å². The van der Waals surface area contributed by atoms with Crippen molar-refractivity contribution in [3.05, 3.63) is 34.3 Å². The van der Waals surface area contributed by atoms with E-state index in [1.807, 2.05) is 13.0 Å². The van der Waals surface area contributed by atoms with Crippen LogP contribution in [0.2, 0.25) is 5.02 Å². The predicted octanol–water partition coefficient (Wildman–Crippen LogP) is 3.89. The number of hydrogen-bond acceptors (Lipinski definition) is 1.